The Labute approximate surface area is 124 Å². The maximum atomic E-state index is 6.07. The monoisotopic (exact) mass is 290 g/mol. The van der Waals surface area contributed by atoms with Crippen LogP contribution in [0.15, 0.2) is 17.3 Å². The van der Waals surface area contributed by atoms with Crippen molar-refractivity contribution in [2.45, 2.75) is 44.8 Å². The van der Waals surface area contributed by atoms with Gasteiger partial charge in [0, 0.05) is 16.2 Å². The van der Waals surface area contributed by atoms with Gasteiger partial charge >= 0.3 is 0 Å². The first-order valence-corrected chi connectivity index (χ1v) is 8.21. The molecule has 5 heteroatoms. The number of thioether (sulfide) groups is 1. The topological polar surface area (TPSA) is 66.7 Å². The summed E-state index contributed by atoms with van der Waals surface area (Å²) in [6, 6.07) is 0. The van der Waals surface area contributed by atoms with Crippen LogP contribution in [-0.2, 0) is 0 Å². The first-order chi connectivity index (χ1) is 9.52. The highest BCUT2D eigenvalue weighted by Gasteiger charge is 2.33. The van der Waals surface area contributed by atoms with E-state index >= 15 is 0 Å². The molecule has 0 saturated heterocycles. The fourth-order valence-electron chi connectivity index (χ4n) is 2.79. The third kappa shape index (κ3) is 2.24. The number of nitrogen functional groups attached to an aromatic ring is 1. The molecule has 0 amide bonds. The van der Waals surface area contributed by atoms with E-state index in [1.165, 1.54) is 29.7 Å². The van der Waals surface area contributed by atoms with Crippen LogP contribution in [0.3, 0.4) is 0 Å². The van der Waals surface area contributed by atoms with Crippen molar-refractivity contribution in [3.05, 3.63) is 22.9 Å². The van der Waals surface area contributed by atoms with Gasteiger partial charge in [-0.25, -0.2) is 0 Å². The molecule has 4 nitrogen and oxygen atoms in total. The molecule has 0 fully saturated rings. The van der Waals surface area contributed by atoms with E-state index in [-0.39, 0.29) is 4.75 Å². The lowest BCUT2D eigenvalue weighted by molar-refractivity contribution is 0.782. The molecule has 2 aliphatic rings. The van der Waals surface area contributed by atoms with Crippen LogP contribution in [-0.4, -0.2) is 20.7 Å². The summed E-state index contributed by atoms with van der Waals surface area (Å²) in [5.41, 5.74) is 11.1. The van der Waals surface area contributed by atoms with Crippen molar-refractivity contribution < 1.29 is 0 Å². The van der Waals surface area contributed by atoms with Gasteiger partial charge in [-0.15, -0.1) is 11.8 Å². The van der Waals surface area contributed by atoms with Crippen molar-refractivity contribution in [3.63, 3.8) is 0 Å². The lowest BCUT2D eigenvalue weighted by Crippen LogP contribution is -2.23. The molecule has 0 bridgehead atoms. The molecule has 0 spiro atoms. The molecule has 0 unspecified atom stereocenters. The largest absolute Gasteiger partial charge is 0.383 e. The summed E-state index contributed by atoms with van der Waals surface area (Å²) in [7, 11) is 0. The standard InChI is InChI=1S/C15H22N4S/c1-4-5-6-11-10-8-20-15(2,3)7-9(10)12-13(16)18-19-14(12)17-11/h7H,4-6,8H2,1-3H3,(H4,16,17,18,19). The fourth-order valence-corrected chi connectivity index (χ4v) is 3.84. The van der Waals surface area contributed by atoms with E-state index < -0.39 is 0 Å². The van der Waals surface area contributed by atoms with E-state index in [1.54, 1.807) is 0 Å². The Bertz CT molecular complexity index is 595. The minimum absolute atomic E-state index is 0.146. The number of fused-ring (bicyclic) bond motifs is 3. The minimum atomic E-state index is 0.146. The predicted octanol–water partition coefficient (Wildman–Crippen LogP) is 3.77. The average molecular weight is 290 g/mol. The van der Waals surface area contributed by atoms with Gasteiger partial charge in [0.05, 0.1) is 5.56 Å². The number of allylic oxidation sites excluding steroid dienone is 2. The third-order valence-electron chi connectivity index (χ3n) is 3.88. The zero-order valence-corrected chi connectivity index (χ0v) is 13.2. The molecule has 3 rings (SSSR count). The number of nitrogens with one attached hydrogen (secondary N) is 2. The van der Waals surface area contributed by atoms with Gasteiger partial charge in [0.15, 0.2) is 5.82 Å². The lowest BCUT2D eigenvalue weighted by Gasteiger charge is -2.33. The average Bonchev–Trinajstić information content (AvgIpc) is 2.76. The molecule has 3 heterocycles. The van der Waals surface area contributed by atoms with E-state index in [2.05, 4.69) is 42.4 Å². The third-order valence-corrected chi connectivity index (χ3v) is 5.18. The van der Waals surface area contributed by atoms with Crippen LogP contribution in [0, 0.1) is 0 Å². The first kappa shape index (κ1) is 13.6. The van der Waals surface area contributed by atoms with Crippen LogP contribution in [0.25, 0.3) is 5.57 Å². The van der Waals surface area contributed by atoms with Gasteiger partial charge in [0.25, 0.3) is 0 Å². The summed E-state index contributed by atoms with van der Waals surface area (Å²) in [6.07, 6.45) is 5.82. The summed E-state index contributed by atoms with van der Waals surface area (Å²) in [6.45, 7) is 6.73. The van der Waals surface area contributed by atoms with Crippen LogP contribution >= 0.6 is 11.8 Å². The Hall–Kier alpha value is -1.36. The number of aromatic nitrogens is 2. The number of hydrogen-bond acceptors (Lipinski definition) is 4. The summed E-state index contributed by atoms with van der Waals surface area (Å²) in [5, 5.41) is 10.7. The summed E-state index contributed by atoms with van der Waals surface area (Å²) in [4.78, 5) is 0. The number of hydrogen-bond donors (Lipinski definition) is 3. The SMILES string of the molecule is CCCCC1=C2CSC(C)(C)C=C2c2c(n[nH]c2N)N1. The van der Waals surface area contributed by atoms with E-state index in [0.29, 0.717) is 5.82 Å². The molecule has 1 aromatic rings. The number of H-pyrrole nitrogens is 1. The summed E-state index contributed by atoms with van der Waals surface area (Å²) in [5.74, 6) is 2.58. The van der Waals surface area contributed by atoms with Crippen molar-refractivity contribution in [2.75, 3.05) is 16.8 Å². The zero-order chi connectivity index (χ0) is 14.3. The molecule has 2 aliphatic heterocycles. The van der Waals surface area contributed by atoms with E-state index in [0.717, 1.165) is 23.6 Å². The Morgan fingerprint density at radius 3 is 3.00 bits per heavy atom. The van der Waals surface area contributed by atoms with Crippen molar-refractivity contribution in [3.8, 4) is 0 Å². The minimum Gasteiger partial charge on any atom is -0.383 e. The maximum absolute atomic E-state index is 6.07. The van der Waals surface area contributed by atoms with Gasteiger partial charge in [0.1, 0.15) is 5.82 Å². The molecule has 108 valence electrons. The second-order valence-electron chi connectivity index (χ2n) is 6.00. The summed E-state index contributed by atoms with van der Waals surface area (Å²) >= 11 is 1.98. The molecule has 0 aliphatic carbocycles. The first-order valence-electron chi connectivity index (χ1n) is 7.22. The van der Waals surface area contributed by atoms with Crippen LogP contribution in [0.4, 0.5) is 11.6 Å². The maximum Gasteiger partial charge on any atom is 0.162 e. The van der Waals surface area contributed by atoms with Gasteiger partial charge in [-0.1, -0.05) is 19.4 Å². The van der Waals surface area contributed by atoms with Crippen LogP contribution in [0.2, 0.25) is 0 Å². The molecular weight excluding hydrogens is 268 g/mol. The number of anilines is 2. The second-order valence-corrected chi connectivity index (χ2v) is 7.63. The molecule has 1 aromatic heterocycles. The Balaban J connectivity index is 2.10. The highest BCUT2D eigenvalue weighted by Crippen LogP contribution is 2.47. The number of nitrogens with zero attached hydrogens (tertiary/aromatic N) is 1. The fraction of sp³-hybridized carbons (Fsp3) is 0.533. The Morgan fingerprint density at radius 2 is 2.25 bits per heavy atom. The number of rotatable bonds is 3. The summed E-state index contributed by atoms with van der Waals surface area (Å²) < 4.78 is 0.146. The van der Waals surface area contributed by atoms with E-state index in [1.807, 2.05) is 11.8 Å². The van der Waals surface area contributed by atoms with Gasteiger partial charge in [-0.2, -0.15) is 5.10 Å². The van der Waals surface area contributed by atoms with Gasteiger partial charge < -0.3 is 11.1 Å². The quantitative estimate of drug-likeness (QED) is 0.792. The Morgan fingerprint density at radius 1 is 1.45 bits per heavy atom. The molecule has 0 saturated carbocycles. The highest BCUT2D eigenvalue weighted by atomic mass is 32.2. The normalized spacial score (nSPS) is 20.1. The number of aromatic amines is 1. The molecule has 4 N–H and O–H groups in total. The highest BCUT2D eigenvalue weighted by molar-refractivity contribution is 8.01. The van der Waals surface area contributed by atoms with Crippen LogP contribution < -0.4 is 11.1 Å². The Kier molecular flexibility index (Phi) is 3.32. The lowest BCUT2D eigenvalue weighted by atomic mass is 9.90. The van der Waals surface area contributed by atoms with E-state index in [9.17, 15) is 0 Å². The van der Waals surface area contributed by atoms with Crippen molar-refractivity contribution in [1.82, 2.24) is 10.2 Å². The molecule has 0 radical (unpaired) electrons. The van der Waals surface area contributed by atoms with Gasteiger partial charge in [0.2, 0.25) is 0 Å². The molecule has 0 aromatic carbocycles. The molecular formula is C15H22N4S. The van der Waals surface area contributed by atoms with Gasteiger partial charge in [-0.05, 0) is 37.8 Å². The zero-order valence-electron chi connectivity index (χ0n) is 12.3. The van der Waals surface area contributed by atoms with Crippen molar-refractivity contribution in [1.29, 1.82) is 0 Å². The number of unbranched alkanes of at least 4 members (excludes halogenated alkanes) is 1. The number of nitrogens with two attached hydrogens (primary N) is 1. The van der Waals surface area contributed by atoms with Gasteiger partial charge in [-0.3, -0.25) is 5.10 Å². The van der Waals surface area contributed by atoms with E-state index in [4.69, 9.17) is 5.73 Å². The molecule has 20 heavy (non-hydrogen) atoms. The van der Waals surface area contributed by atoms with Crippen LogP contribution in [0.5, 0.6) is 0 Å². The predicted molar refractivity (Wildman–Crippen MR) is 87.7 cm³/mol. The van der Waals surface area contributed by atoms with Crippen LogP contribution in [0.1, 0.15) is 45.6 Å². The second kappa shape index (κ2) is 4.88. The molecule has 0 atom stereocenters. The van der Waals surface area contributed by atoms with Crippen molar-refractivity contribution in [2.24, 2.45) is 0 Å². The van der Waals surface area contributed by atoms with Crippen molar-refractivity contribution >= 4 is 29.0 Å². The smallest absolute Gasteiger partial charge is 0.162 e.